The lowest BCUT2D eigenvalue weighted by atomic mass is 9.98. The first-order chi connectivity index (χ1) is 9.79. The normalized spacial score (nSPS) is 13.8. The van der Waals surface area contributed by atoms with Gasteiger partial charge in [-0.05, 0) is 31.4 Å². The molecule has 1 amide bonds. The van der Waals surface area contributed by atoms with E-state index in [4.69, 9.17) is 9.15 Å². The summed E-state index contributed by atoms with van der Waals surface area (Å²) >= 11 is 0. The average Bonchev–Trinajstić information content (AvgIpc) is 2.91. The number of rotatable bonds is 4. The summed E-state index contributed by atoms with van der Waals surface area (Å²) in [6, 6.07) is 3.95. The standard InChI is InChI=1S/C16H19NO3/c1-2-15(18)17-8-7-11-10-20-14-6-5-13-12(16(11)14)4-3-9-19-13/h5-6,10H,2-4,7-9H2,1H3,(H,17,18). The Bertz CT molecular complexity index is 630. The van der Waals surface area contributed by atoms with Crippen molar-refractivity contribution in [1.29, 1.82) is 0 Å². The van der Waals surface area contributed by atoms with E-state index in [-0.39, 0.29) is 5.91 Å². The molecule has 0 fully saturated rings. The lowest BCUT2D eigenvalue weighted by molar-refractivity contribution is -0.120. The maximum atomic E-state index is 11.3. The Morgan fingerprint density at radius 2 is 2.30 bits per heavy atom. The highest BCUT2D eigenvalue weighted by molar-refractivity contribution is 5.87. The van der Waals surface area contributed by atoms with Crippen LogP contribution in [0.25, 0.3) is 11.0 Å². The Kier molecular flexibility index (Phi) is 3.63. The van der Waals surface area contributed by atoms with E-state index < -0.39 is 0 Å². The van der Waals surface area contributed by atoms with E-state index in [1.807, 2.05) is 19.1 Å². The van der Waals surface area contributed by atoms with Gasteiger partial charge < -0.3 is 14.5 Å². The van der Waals surface area contributed by atoms with Crippen LogP contribution < -0.4 is 10.1 Å². The van der Waals surface area contributed by atoms with Crippen molar-refractivity contribution in [2.75, 3.05) is 13.2 Å². The molecule has 1 aromatic heterocycles. The van der Waals surface area contributed by atoms with Crippen molar-refractivity contribution in [3.63, 3.8) is 0 Å². The van der Waals surface area contributed by atoms with Crippen LogP contribution in [0.4, 0.5) is 0 Å². The zero-order valence-corrected chi connectivity index (χ0v) is 11.7. The summed E-state index contributed by atoms with van der Waals surface area (Å²) in [6.45, 7) is 3.29. The van der Waals surface area contributed by atoms with Crippen molar-refractivity contribution < 1.29 is 13.9 Å². The Hall–Kier alpha value is -1.97. The quantitative estimate of drug-likeness (QED) is 0.932. The summed E-state index contributed by atoms with van der Waals surface area (Å²) in [5.74, 6) is 1.06. The highest BCUT2D eigenvalue weighted by atomic mass is 16.5. The molecule has 2 heterocycles. The van der Waals surface area contributed by atoms with Crippen LogP contribution in [-0.4, -0.2) is 19.1 Å². The molecular formula is C16H19NO3. The van der Waals surface area contributed by atoms with Crippen LogP contribution in [0.5, 0.6) is 5.75 Å². The number of nitrogens with one attached hydrogen (secondary N) is 1. The maximum Gasteiger partial charge on any atom is 0.219 e. The summed E-state index contributed by atoms with van der Waals surface area (Å²) in [4.78, 5) is 11.3. The third kappa shape index (κ3) is 2.38. The van der Waals surface area contributed by atoms with E-state index in [1.54, 1.807) is 6.26 Å². The van der Waals surface area contributed by atoms with E-state index in [9.17, 15) is 4.79 Å². The number of fused-ring (bicyclic) bond motifs is 3. The highest BCUT2D eigenvalue weighted by Gasteiger charge is 2.18. The first kappa shape index (κ1) is 13.0. The van der Waals surface area contributed by atoms with Gasteiger partial charge in [-0.15, -0.1) is 0 Å². The summed E-state index contributed by atoms with van der Waals surface area (Å²) in [6.07, 6.45) is 5.19. The fourth-order valence-electron chi connectivity index (χ4n) is 2.71. The Morgan fingerprint density at radius 3 is 3.15 bits per heavy atom. The lowest BCUT2D eigenvalue weighted by Gasteiger charge is -2.18. The first-order valence-electron chi connectivity index (χ1n) is 7.21. The molecule has 4 heteroatoms. The predicted octanol–water partition coefficient (Wildman–Crippen LogP) is 2.83. The van der Waals surface area contributed by atoms with Gasteiger partial charge in [-0.1, -0.05) is 6.92 Å². The monoisotopic (exact) mass is 273 g/mol. The number of hydrogen-bond acceptors (Lipinski definition) is 3. The van der Waals surface area contributed by atoms with Gasteiger partial charge in [0.15, 0.2) is 0 Å². The molecule has 1 aromatic carbocycles. The smallest absolute Gasteiger partial charge is 0.219 e. The minimum Gasteiger partial charge on any atom is -0.493 e. The van der Waals surface area contributed by atoms with Crippen molar-refractivity contribution in [1.82, 2.24) is 5.32 Å². The molecule has 106 valence electrons. The van der Waals surface area contributed by atoms with Crippen molar-refractivity contribution in [2.45, 2.75) is 32.6 Å². The van der Waals surface area contributed by atoms with E-state index in [1.165, 1.54) is 10.9 Å². The number of carbonyl (C=O) groups is 1. The van der Waals surface area contributed by atoms with E-state index in [0.717, 1.165) is 42.8 Å². The average molecular weight is 273 g/mol. The topological polar surface area (TPSA) is 51.5 Å². The fraction of sp³-hybridized carbons (Fsp3) is 0.438. The predicted molar refractivity (Wildman–Crippen MR) is 77.0 cm³/mol. The molecule has 0 bridgehead atoms. The fourth-order valence-corrected chi connectivity index (χ4v) is 2.71. The molecule has 1 N–H and O–H groups in total. The number of carbonyl (C=O) groups excluding carboxylic acids is 1. The van der Waals surface area contributed by atoms with E-state index in [0.29, 0.717) is 13.0 Å². The molecule has 2 aromatic rings. The van der Waals surface area contributed by atoms with Gasteiger partial charge in [-0.3, -0.25) is 4.79 Å². The van der Waals surface area contributed by atoms with Crippen LogP contribution in [0.1, 0.15) is 30.9 Å². The summed E-state index contributed by atoms with van der Waals surface area (Å²) in [5, 5.41) is 4.08. The van der Waals surface area contributed by atoms with Gasteiger partial charge in [-0.25, -0.2) is 0 Å². The molecule has 0 saturated heterocycles. The van der Waals surface area contributed by atoms with Gasteiger partial charge in [0, 0.05) is 29.5 Å². The highest BCUT2D eigenvalue weighted by Crippen LogP contribution is 2.35. The number of ether oxygens (including phenoxy) is 1. The van der Waals surface area contributed by atoms with Gasteiger partial charge in [0.05, 0.1) is 12.9 Å². The zero-order valence-electron chi connectivity index (χ0n) is 11.7. The van der Waals surface area contributed by atoms with Gasteiger partial charge in [0.25, 0.3) is 0 Å². The molecule has 1 aliphatic heterocycles. The van der Waals surface area contributed by atoms with Crippen molar-refractivity contribution in [3.05, 3.63) is 29.5 Å². The molecule has 0 radical (unpaired) electrons. The third-order valence-electron chi connectivity index (χ3n) is 3.75. The first-order valence-corrected chi connectivity index (χ1v) is 7.21. The number of benzene rings is 1. The molecule has 1 aliphatic rings. The van der Waals surface area contributed by atoms with E-state index >= 15 is 0 Å². The maximum absolute atomic E-state index is 11.3. The van der Waals surface area contributed by atoms with Crippen LogP contribution in [0.2, 0.25) is 0 Å². The van der Waals surface area contributed by atoms with Crippen molar-refractivity contribution in [2.24, 2.45) is 0 Å². The van der Waals surface area contributed by atoms with Gasteiger partial charge in [-0.2, -0.15) is 0 Å². The van der Waals surface area contributed by atoms with Crippen LogP contribution >= 0.6 is 0 Å². The van der Waals surface area contributed by atoms with Crippen molar-refractivity contribution in [3.8, 4) is 5.75 Å². The summed E-state index contributed by atoms with van der Waals surface area (Å²) in [7, 11) is 0. The summed E-state index contributed by atoms with van der Waals surface area (Å²) < 4.78 is 11.3. The SMILES string of the molecule is CCC(=O)NCCc1coc2ccc3c(c12)CCCO3. The number of amides is 1. The van der Waals surface area contributed by atoms with Gasteiger partial charge >= 0.3 is 0 Å². The Labute approximate surface area is 118 Å². The second-order valence-electron chi connectivity index (χ2n) is 5.08. The Morgan fingerprint density at radius 1 is 1.40 bits per heavy atom. The minimum absolute atomic E-state index is 0.0863. The van der Waals surface area contributed by atoms with E-state index in [2.05, 4.69) is 5.32 Å². The van der Waals surface area contributed by atoms with Crippen LogP contribution in [-0.2, 0) is 17.6 Å². The Balaban J connectivity index is 1.86. The summed E-state index contributed by atoms with van der Waals surface area (Å²) in [5.41, 5.74) is 3.31. The minimum atomic E-state index is 0.0863. The second kappa shape index (κ2) is 5.57. The molecule has 20 heavy (non-hydrogen) atoms. The van der Waals surface area contributed by atoms with Crippen LogP contribution in [0.3, 0.4) is 0 Å². The second-order valence-corrected chi connectivity index (χ2v) is 5.08. The van der Waals surface area contributed by atoms with Crippen LogP contribution in [0, 0.1) is 0 Å². The molecule has 0 unspecified atom stereocenters. The lowest BCUT2D eigenvalue weighted by Crippen LogP contribution is -2.24. The van der Waals surface area contributed by atoms with Crippen molar-refractivity contribution >= 4 is 16.9 Å². The van der Waals surface area contributed by atoms with Gasteiger partial charge in [0.2, 0.25) is 5.91 Å². The van der Waals surface area contributed by atoms with Crippen LogP contribution in [0.15, 0.2) is 22.8 Å². The largest absolute Gasteiger partial charge is 0.493 e. The number of furan rings is 1. The molecule has 0 aliphatic carbocycles. The molecule has 0 saturated carbocycles. The molecular weight excluding hydrogens is 254 g/mol. The molecule has 4 nitrogen and oxygen atoms in total. The number of aryl methyl sites for hydroxylation is 1. The van der Waals surface area contributed by atoms with Gasteiger partial charge in [0.1, 0.15) is 11.3 Å². The zero-order chi connectivity index (χ0) is 13.9. The molecule has 0 spiro atoms. The molecule has 3 rings (SSSR count). The third-order valence-corrected chi connectivity index (χ3v) is 3.75. The molecule has 0 atom stereocenters. The number of hydrogen-bond donors (Lipinski definition) is 1.